The molecule has 2 N–H and O–H groups in total. The second kappa shape index (κ2) is 7.64. The van der Waals surface area contributed by atoms with Crippen LogP contribution in [0, 0.1) is 17.3 Å². The molecule has 6 nitrogen and oxygen atoms in total. The first-order valence-electron chi connectivity index (χ1n) is 7.50. The maximum absolute atomic E-state index is 12.3. The van der Waals surface area contributed by atoms with Crippen LogP contribution in [-0.2, 0) is 9.53 Å². The molecule has 1 aliphatic heterocycles. The molecule has 0 saturated carbocycles. The van der Waals surface area contributed by atoms with Gasteiger partial charge in [-0.2, -0.15) is 0 Å². The van der Waals surface area contributed by atoms with E-state index in [0.717, 1.165) is 6.42 Å². The predicted molar refractivity (Wildman–Crippen MR) is 77.9 cm³/mol. The first-order chi connectivity index (χ1) is 9.74. The molecule has 2 atom stereocenters. The predicted octanol–water partition coefficient (Wildman–Crippen LogP) is 1.96. The molecule has 1 saturated heterocycles. The molecule has 1 amide bonds. The van der Waals surface area contributed by atoms with Crippen molar-refractivity contribution in [1.82, 2.24) is 4.90 Å². The average Bonchev–Trinajstić information content (AvgIpc) is 2.41. The van der Waals surface area contributed by atoms with Crippen LogP contribution in [-0.4, -0.2) is 53.5 Å². The van der Waals surface area contributed by atoms with Crippen molar-refractivity contribution in [3.05, 3.63) is 0 Å². The number of amides is 1. The molecule has 2 unspecified atom stereocenters. The summed E-state index contributed by atoms with van der Waals surface area (Å²) < 4.78 is 5.36. The van der Waals surface area contributed by atoms with Crippen LogP contribution in [0.2, 0.25) is 0 Å². The Morgan fingerprint density at radius 3 is 2.52 bits per heavy atom. The summed E-state index contributed by atoms with van der Waals surface area (Å²) in [6.45, 7) is 6.98. The standard InChI is InChI=1S/C15H27NO5/c1-15(2,3)10-21-13(18)12-9-16(14(19)20)7-6-11(12)5-4-8-17/h11-12,17H,4-10H2,1-3H3,(H,19,20). The van der Waals surface area contributed by atoms with E-state index in [0.29, 0.717) is 26.0 Å². The van der Waals surface area contributed by atoms with Crippen LogP contribution < -0.4 is 0 Å². The average molecular weight is 301 g/mol. The highest BCUT2D eigenvalue weighted by molar-refractivity contribution is 5.74. The van der Waals surface area contributed by atoms with E-state index in [9.17, 15) is 9.59 Å². The van der Waals surface area contributed by atoms with Crippen molar-refractivity contribution in [2.45, 2.75) is 40.0 Å². The zero-order valence-electron chi connectivity index (χ0n) is 13.2. The summed E-state index contributed by atoms with van der Waals surface area (Å²) in [6.07, 6.45) is 0.992. The first-order valence-corrected chi connectivity index (χ1v) is 7.50. The number of piperidine rings is 1. The molecule has 0 aromatic heterocycles. The van der Waals surface area contributed by atoms with Crippen LogP contribution in [0.15, 0.2) is 0 Å². The zero-order chi connectivity index (χ0) is 16.0. The largest absolute Gasteiger partial charge is 0.465 e. The highest BCUT2D eigenvalue weighted by atomic mass is 16.5. The van der Waals surface area contributed by atoms with Gasteiger partial charge in [-0.05, 0) is 30.6 Å². The Hall–Kier alpha value is -1.30. The molecule has 0 radical (unpaired) electrons. The molecule has 1 aliphatic rings. The topological polar surface area (TPSA) is 87.1 Å². The van der Waals surface area contributed by atoms with Gasteiger partial charge in [0.05, 0.1) is 12.5 Å². The van der Waals surface area contributed by atoms with Gasteiger partial charge < -0.3 is 19.8 Å². The molecule has 0 spiro atoms. The lowest BCUT2D eigenvalue weighted by molar-refractivity contribution is -0.155. The molecule has 0 bridgehead atoms. The first kappa shape index (κ1) is 17.8. The molecule has 21 heavy (non-hydrogen) atoms. The Bertz CT molecular complexity index is 364. The van der Waals surface area contributed by atoms with Crippen molar-refractivity contribution < 1.29 is 24.5 Å². The van der Waals surface area contributed by atoms with E-state index in [2.05, 4.69) is 0 Å². The van der Waals surface area contributed by atoms with E-state index >= 15 is 0 Å². The minimum atomic E-state index is -0.996. The number of likely N-dealkylation sites (tertiary alicyclic amines) is 1. The lowest BCUT2D eigenvalue weighted by atomic mass is 9.82. The van der Waals surface area contributed by atoms with E-state index in [1.165, 1.54) is 4.90 Å². The number of ether oxygens (including phenoxy) is 1. The number of hydrogen-bond acceptors (Lipinski definition) is 4. The third-order valence-electron chi connectivity index (χ3n) is 3.71. The van der Waals surface area contributed by atoms with Gasteiger partial charge in [-0.25, -0.2) is 4.79 Å². The number of carbonyl (C=O) groups is 2. The van der Waals surface area contributed by atoms with Gasteiger partial charge in [-0.15, -0.1) is 0 Å². The Balaban J connectivity index is 2.68. The van der Waals surface area contributed by atoms with Crippen molar-refractivity contribution >= 4 is 12.1 Å². The van der Waals surface area contributed by atoms with Gasteiger partial charge in [-0.3, -0.25) is 4.79 Å². The van der Waals surface area contributed by atoms with Crippen LogP contribution in [0.5, 0.6) is 0 Å². The normalized spacial score (nSPS) is 23.0. The second-order valence-corrected chi connectivity index (χ2v) is 6.92. The fourth-order valence-electron chi connectivity index (χ4n) is 2.54. The molecule has 122 valence electrons. The van der Waals surface area contributed by atoms with Gasteiger partial charge >= 0.3 is 12.1 Å². The molecular weight excluding hydrogens is 274 g/mol. The maximum Gasteiger partial charge on any atom is 0.407 e. The lowest BCUT2D eigenvalue weighted by Gasteiger charge is -2.36. The number of nitrogens with zero attached hydrogens (tertiary/aromatic N) is 1. The Labute approximate surface area is 126 Å². The number of carboxylic acid groups (broad SMARTS) is 1. The molecule has 1 rings (SSSR count). The fourth-order valence-corrected chi connectivity index (χ4v) is 2.54. The van der Waals surface area contributed by atoms with Crippen LogP contribution in [0.3, 0.4) is 0 Å². The van der Waals surface area contributed by atoms with E-state index in [-0.39, 0.29) is 30.5 Å². The van der Waals surface area contributed by atoms with Crippen molar-refractivity contribution in [3.8, 4) is 0 Å². The SMILES string of the molecule is CC(C)(C)COC(=O)C1CN(C(=O)O)CCC1CCCO. The van der Waals surface area contributed by atoms with Crippen molar-refractivity contribution in [2.24, 2.45) is 17.3 Å². The van der Waals surface area contributed by atoms with E-state index in [1.807, 2.05) is 20.8 Å². The maximum atomic E-state index is 12.3. The minimum absolute atomic E-state index is 0.0835. The van der Waals surface area contributed by atoms with E-state index < -0.39 is 12.0 Å². The van der Waals surface area contributed by atoms with Gasteiger partial charge in [-0.1, -0.05) is 20.8 Å². The van der Waals surface area contributed by atoms with Crippen molar-refractivity contribution in [2.75, 3.05) is 26.3 Å². The van der Waals surface area contributed by atoms with E-state index in [4.69, 9.17) is 14.9 Å². The third kappa shape index (κ3) is 5.91. The highest BCUT2D eigenvalue weighted by Gasteiger charge is 2.37. The van der Waals surface area contributed by atoms with Gasteiger partial charge in [0.1, 0.15) is 0 Å². The number of aliphatic hydroxyl groups is 1. The molecule has 0 aliphatic carbocycles. The quantitative estimate of drug-likeness (QED) is 0.758. The fraction of sp³-hybridized carbons (Fsp3) is 0.867. The Morgan fingerprint density at radius 2 is 2.00 bits per heavy atom. The summed E-state index contributed by atoms with van der Waals surface area (Å²) in [6, 6.07) is 0. The number of aliphatic hydroxyl groups excluding tert-OH is 1. The molecule has 6 heteroatoms. The third-order valence-corrected chi connectivity index (χ3v) is 3.71. The van der Waals surface area contributed by atoms with Crippen LogP contribution in [0.4, 0.5) is 4.79 Å². The molecular formula is C15H27NO5. The summed E-state index contributed by atoms with van der Waals surface area (Å²) in [4.78, 5) is 24.7. The van der Waals surface area contributed by atoms with Gasteiger partial charge in [0, 0.05) is 19.7 Å². The number of hydrogen-bond donors (Lipinski definition) is 2. The van der Waals surface area contributed by atoms with Crippen molar-refractivity contribution in [1.29, 1.82) is 0 Å². The van der Waals surface area contributed by atoms with E-state index in [1.54, 1.807) is 0 Å². The smallest absolute Gasteiger partial charge is 0.407 e. The highest BCUT2D eigenvalue weighted by Crippen LogP contribution is 2.29. The molecule has 1 heterocycles. The van der Waals surface area contributed by atoms with Crippen LogP contribution >= 0.6 is 0 Å². The molecule has 1 fully saturated rings. The van der Waals surface area contributed by atoms with Crippen molar-refractivity contribution in [3.63, 3.8) is 0 Å². The summed E-state index contributed by atoms with van der Waals surface area (Å²) in [5.74, 6) is -0.664. The van der Waals surface area contributed by atoms with Gasteiger partial charge in [0.2, 0.25) is 0 Å². The molecule has 0 aromatic rings. The van der Waals surface area contributed by atoms with Gasteiger partial charge in [0.15, 0.2) is 0 Å². The minimum Gasteiger partial charge on any atom is -0.465 e. The summed E-state index contributed by atoms with van der Waals surface area (Å²) >= 11 is 0. The number of carbonyl (C=O) groups excluding carboxylic acids is 1. The van der Waals surface area contributed by atoms with Gasteiger partial charge in [0.25, 0.3) is 0 Å². The zero-order valence-corrected chi connectivity index (χ0v) is 13.2. The second-order valence-electron chi connectivity index (χ2n) is 6.92. The number of esters is 1. The lowest BCUT2D eigenvalue weighted by Crippen LogP contribution is -2.46. The monoisotopic (exact) mass is 301 g/mol. The van der Waals surface area contributed by atoms with Crippen LogP contribution in [0.25, 0.3) is 0 Å². The van der Waals surface area contributed by atoms with Crippen LogP contribution in [0.1, 0.15) is 40.0 Å². The Kier molecular flexibility index (Phi) is 6.45. The number of rotatable bonds is 5. The molecule has 0 aromatic carbocycles. The Morgan fingerprint density at radius 1 is 1.33 bits per heavy atom. The summed E-state index contributed by atoms with van der Waals surface area (Å²) in [5, 5.41) is 18.0. The summed E-state index contributed by atoms with van der Waals surface area (Å²) in [7, 11) is 0. The summed E-state index contributed by atoms with van der Waals surface area (Å²) in [5.41, 5.74) is -0.114.